The van der Waals surface area contributed by atoms with Crippen LogP contribution in [-0.4, -0.2) is 47.7 Å². The normalized spacial score (nSPS) is 20.8. The minimum atomic E-state index is -0.985. The van der Waals surface area contributed by atoms with Crippen LogP contribution < -0.4 is 0 Å². The second kappa shape index (κ2) is 8.19. The van der Waals surface area contributed by atoms with Gasteiger partial charge in [0.2, 0.25) is 0 Å². The number of carbonyl (C=O) groups is 2. The Morgan fingerprint density at radius 2 is 2.12 bits per heavy atom. The molecule has 1 N–H and O–H groups in total. The van der Waals surface area contributed by atoms with Crippen molar-refractivity contribution in [1.29, 1.82) is 0 Å². The Labute approximate surface area is 139 Å². The third-order valence-corrected chi connectivity index (χ3v) is 4.09. The number of benzene rings is 1. The number of hydrogen-bond donors (Lipinski definition) is 1. The van der Waals surface area contributed by atoms with Gasteiger partial charge in [0.05, 0.1) is 24.2 Å². The number of hydrogen-bond acceptors (Lipinski definition) is 4. The van der Waals surface area contributed by atoms with Gasteiger partial charge in [-0.3, -0.25) is 4.79 Å². The van der Waals surface area contributed by atoms with Crippen molar-refractivity contribution in [3.8, 4) is 0 Å². The molecule has 24 heavy (non-hydrogen) atoms. The second-order valence-corrected chi connectivity index (χ2v) is 5.86. The summed E-state index contributed by atoms with van der Waals surface area (Å²) in [6, 6.07) is 2.67. The molecule has 132 valence electrons. The van der Waals surface area contributed by atoms with Crippen LogP contribution in [0, 0.1) is 17.6 Å². The molecule has 1 aromatic carbocycles. The van der Waals surface area contributed by atoms with Gasteiger partial charge in [0.1, 0.15) is 11.6 Å². The quantitative estimate of drug-likeness (QED) is 0.661. The highest BCUT2D eigenvalue weighted by molar-refractivity contribution is 5.98. The Morgan fingerprint density at radius 1 is 1.38 bits per heavy atom. The number of carbonyl (C=O) groups excluding carboxylic acids is 2. The largest absolute Gasteiger partial charge is 0.449 e. The lowest BCUT2D eigenvalue weighted by atomic mass is 9.87. The summed E-state index contributed by atoms with van der Waals surface area (Å²) in [4.78, 5) is 25.8. The highest BCUT2D eigenvalue weighted by atomic mass is 19.1. The first-order valence-corrected chi connectivity index (χ1v) is 8.03. The molecule has 7 heteroatoms. The van der Waals surface area contributed by atoms with Gasteiger partial charge in [0.15, 0.2) is 5.78 Å². The molecule has 0 aliphatic carbocycles. The highest BCUT2D eigenvalue weighted by Crippen LogP contribution is 2.24. The summed E-state index contributed by atoms with van der Waals surface area (Å²) in [6.45, 7) is 2.47. The van der Waals surface area contributed by atoms with Crippen molar-refractivity contribution >= 4 is 11.9 Å². The van der Waals surface area contributed by atoms with E-state index in [-0.39, 0.29) is 25.1 Å². The van der Waals surface area contributed by atoms with Gasteiger partial charge in [-0.05, 0) is 25.0 Å². The minimum absolute atomic E-state index is 0.0538. The van der Waals surface area contributed by atoms with E-state index in [1.807, 2.05) is 6.92 Å². The monoisotopic (exact) mass is 341 g/mol. The van der Waals surface area contributed by atoms with E-state index in [4.69, 9.17) is 4.74 Å². The Morgan fingerprint density at radius 3 is 2.79 bits per heavy atom. The first-order chi connectivity index (χ1) is 11.4. The number of Topliss-reactive ketones (excluding diaryl/α,β-unsaturated/α-hetero) is 1. The molecule has 1 aliphatic rings. The topological polar surface area (TPSA) is 66.8 Å². The van der Waals surface area contributed by atoms with E-state index in [2.05, 4.69) is 0 Å². The van der Waals surface area contributed by atoms with E-state index in [1.165, 1.54) is 4.90 Å². The number of piperidine rings is 1. The molecule has 2 atom stereocenters. The Balaban J connectivity index is 2.07. The number of rotatable bonds is 5. The number of nitrogens with zero attached hydrogens (tertiary/aromatic N) is 1. The van der Waals surface area contributed by atoms with E-state index in [0.29, 0.717) is 12.7 Å². The molecule has 1 saturated heterocycles. The van der Waals surface area contributed by atoms with Crippen LogP contribution in [0.25, 0.3) is 0 Å². The van der Waals surface area contributed by atoms with Gasteiger partial charge in [-0.15, -0.1) is 0 Å². The molecule has 1 aromatic rings. The zero-order chi connectivity index (χ0) is 17.7. The summed E-state index contributed by atoms with van der Waals surface area (Å²) in [5, 5.41) is 10.1. The third-order valence-electron chi connectivity index (χ3n) is 4.09. The molecule has 1 fully saturated rings. The van der Waals surface area contributed by atoms with Crippen LogP contribution in [0.5, 0.6) is 0 Å². The number of halogens is 2. The fraction of sp³-hybridized carbons (Fsp3) is 0.529. The maximum atomic E-state index is 13.8. The summed E-state index contributed by atoms with van der Waals surface area (Å²) < 4.78 is 31.9. The first kappa shape index (κ1) is 18.3. The molecule has 0 spiro atoms. The molecule has 1 heterocycles. The molecule has 1 aliphatic heterocycles. The predicted molar refractivity (Wildman–Crippen MR) is 82.6 cm³/mol. The summed E-state index contributed by atoms with van der Waals surface area (Å²) in [7, 11) is 0. The average Bonchev–Trinajstić information content (AvgIpc) is 2.55. The number of ether oxygens (including phenoxy) is 1. The average molecular weight is 341 g/mol. The van der Waals surface area contributed by atoms with E-state index in [9.17, 15) is 23.5 Å². The van der Waals surface area contributed by atoms with E-state index < -0.39 is 35.5 Å². The van der Waals surface area contributed by atoms with Crippen LogP contribution in [0.4, 0.5) is 13.6 Å². The Bertz CT molecular complexity index is 608. The fourth-order valence-corrected chi connectivity index (χ4v) is 2.65. The number of aliphatic hydroxyl groups excluding tert-OH is 1. The van der Waals surface area contributed by atoms with Gasteiger partial charge >= 0.3 is 6.09 Å². The Hall–Kier alpha value is -2.02. The first-order valence-electron chi connectivity index (χ1n) is 8.03. The standard InChI is InChI=1S/C17H21F2NO4/c1-2-3-8-24-17(23)20-7-6-15(21)13(10-20)16(22)12-5-4-11(18)9-14(12)19/h4-5,9,13,15,21H,2-3,6-8,10H2,1H3. The van der Waals surface area contributed by atoms with Crippen LogP contribution in [0.3, 0.4) is 0 Å². The van der Waals surface area contributed by atoms with Gasteiger partial charge < -0.3 is 14.7 Å². The van der Waals surface area contributed by atoms with Crippen LogP contribution in [0.1, 0.15) is 36.5 Å². The molecule has 0 radical (unpaired) electrons. The number of aliphatic hydroxyl groups is 1. The highest BCUT2D eigenvalue weighted by Gasteiger charge is 2.36. The summed E-state index contributed by atoms with van der Waals surface area (Å²) in [5.74, 6) is -3.37. The Kier molecular flexibility index (Phi) is 6.25. The lowest BCUT2D eigenvalue weighted by Gasteiger charge is -2.34. The molecule has 0 bridgehead atoms. The van der Waals surface area contributed by atoms with Gasteiger partial charge in [-0.1, -0.05) is 13.3 Å². The van der Waals surface area contributed by atoms with Crippen molar-refractivity contribution in [3.63, 3.8) is 0 Å². The van der Waals surface area contributed by atoms with Crippen LogP contribution >= 0.6 is 0 Å². The summed E-state index contributed by atoms with van der Waals surface area (Å²) >= 11 is 0. The van der Waals surface area contributed by atoms with Crippen molar-refractivity contribution in [3.05, 3.63) is 35.4 Å². The van der Waals surface area contributed by atoms with Crippen LogP contribution in [0.15, 0.2) is 18.2 Å². The minimum Gasteiger partial charge on any atom is -0.449 e. The van der Waals surface area contributed by atoms with Gasteiger partial charge in [0, 0.05) is 19.2 Å². The van der Waals surface area contributed by atoms with Crippen molar-refractivity contribution in [2.75, 3.05) is 19.7 Å². The lowest BCUT2D eigenvalue weighted by Crippen LogP contribution is -2.49. The third kappa shape index (κ3) is 4.29. The van der Waals surface area contributed by atoms with Crippen LogP contribution in [-0.2, 0) is 4.74 Å². The van der Waals surface area contributed by atoms with Crippen molar-refractivity contribution in [1.82, 2.24) is 4.90 Å². The molecular formula is C17H21F2NO4. The number of ketones is 1. The summed E-state index contributed by atoms with van der Waals surface area (Å²) in [6.07, 6.45) is 0.291. The lowest BCUT2D eigenvalue weighted by molar-refractivity contribution is 0.0214. The molecular weight excluding hydrogens is 320 g/mol. The molecule has 1 amide bonds. The van der Waals surface area contributed by atoms with E-state index in [1.54, 1.807) is 0 Å². The SMILES string of the molecule is CCCCOC(=O)N1CCC(O)C(C(=O)c2ccc(F)cc2F)C1. The van der Waals surface area contributed by atoms with E-state index >= 15 is 0 Å². The second-order valence-electron chi connectivity index (χ2n) is 5.86. The fourth-order valence-electron chi connectivity index (χ4n) is 2.65. The maximum absolute atomic E-state index is 13.8. The molecule has 2 rings (SSSR count). The molecule has 0 saturated carbocycles. The summed E-state index contributed by atoms with van der Waals surface area (Å²) in [5.41, 5.74) is -0.290. The van der Waals surface area contributed by atoms with E-state index in [0.717, 1.165) is 25.0 Å². The van der Waals surface area contributed by atoms with Crippen molar-refractivity contribution in [2.24, 2.45) is 5.92 Å². The van der Waals surface area contributed by atoms with Gasteiger partial charge in [-0.2, -0.15) is 0 Å². The van der Waals surface area contributed by atoms with Crippen LogP contribution in [0.2, 0.25) is 0 Å². The zero-order valence-corrected chi connectivity index (χ0v) is 13.5. The molecule has 2 unspecified atom stereocenters. The number of unbranched alkanes of at least 4 members (excludes halogenated alkanes) is 1. The predicted octanol–water partition coefficient (Wildman–Crippen LogP) is 2.77. The number of amides is 1. The molecule has 5 nitrogen and oxygen atoms in total. The van der Waals surface area contributed by atoms with Gasteiger partial charge in [-0.25, -0.2) is 13.6 Å². The zero-order valence-electron chi connectivity index (χ0n) is 13.5. The number of likely N-dealkylation sites (tertiary alicyclic amines) is 1. The van der Waals surface area contributed by atoms with Gasteiger partial charge in [0.25, 0.3) is 0 Å². The van der Waals surface area contributed by atoms with Crippen molar-refractivity contribution in [2.45, 2.75) is 32.3 Å². The smallest absolute Gasteiger partial charge is 0.409 e. The molecule has 0 aromatic heterocycles. The van der Waals surface area contributed by atoms with Crippen molar-refractivity contribution < 1.29 is 28.2 Å². The maximum Gasteiger partial charge on any atom is 0.409 e.